The van der Waals surface area contributed by atoms with Crippen LogP contribution in [0.5, 0.6) is 5.75 Å². The molecule has 0 amide bonds. The molecule has 3 heterocycles. The van der Waals surface area contributed by atoms with Gasteiger partial charge in [-0.3, -0.25) is 9.48 Å². The normalized spacial score (nSPS) is 19.0. The molecule has 0 aromatic carbocycles. The van der Waals surface area contributed by atoms with E-state index in [2.05, 4.69) is 10.1 Å². The van der Waals surface area contributed by atoms with E-state index in [0.29, 0.717) is 12.0 Å². The third-order valence-electron chi connectivity index (χ3n) is 4.98. The molecular weight excluding hydrogens is 340 g/mol. The van der Waals surface area contributed by atoms with Crippen LogP contribution in [0.25, 0.3) is 5.57 Å². The number of aromatic nitrogens is 3. The lowest BCUT2D eigenvalue weighted by Gasteiger charge is -2.27. The summed E-state index contributed by atoms with van der Waals surface area (Å²) in [4.78, 5) is 15.5. The summed E-state index contributed by atoms with van der Waals surface area (Å²) < 4.78 is 37.4. The quantitative estimate of drug-likeness (QED) is 0.725. The molecule has 0 spiro atoms. The standard InChI is InChI=1S/C19H19F2N3O2/c1-12-8-15-18(16(9-25)23-12)26-10-13-4-2-3-5-14(13)17-6-7-22-24(17)11-19(15,20)21/h6-9H,2-5,10-11H2,1H3. The Bertz CT molecular complexity index is 902. The van der Waals surface area contributed by atoms with Crippen molar-refractivity contribution in [1.82, 2.24) is 14.8 Å². The molecule has 0 bridgehead atoms. The molecule has 0 saturated carbocycles. The van der Waals surface area contributed by atoms with E-state index in [4.69, 9.17) is 4.74 Å². The maximum absolute atomic E-state index is 15.1. The number of aryl methyl sites for hydroxylation is 1. The predicted molar refractivity (Wildman–Crippen MR) is 91.4 cm³/mol. The van der Waals surface area contributed by atoms with Gasteiger partial charge in [-0.2, -0.15) is 13.9 Å². The van der Waals surface area contributed by atoms with Gasteiger partial charge in [-0.15, -0.1) is 0 Å². The van der Waals surface area contributed by atoms with Crippen LogP contribution in [0.3, 0.4) is 0 Å². The van der Waals surface area contributed by atoms with Crippen molar-refractivity contribution in [3.05, 3.63) is 46.5 Å². The largest absolute Gasteiger partial charge is 0.486 e. The van der Waals surface area contributed by atoms with Gasteiger partial charge in [0.2, 0.25) is 0 Å². The molecular formula is C19H19F2N3O2. The molecule has 0 atom stereocenters. The fourth-order valence-electron chi connectivity index (χ4n) is 3.77. The summed E-state index contributed by atoms with van der Waals surface area (Å²) >= 11 is 0. The first-order valence-corrected chi connectivity index (χ1v) is 8.70. The van der Waals surface area contributed by atoms with Crippen LogP contribution in [0.1, 0.15) is 53.1 Å². The minimum Gasteiger partial charge on any atom is -0.486 e. The van der Waals surface area contributed by atoms with Crippen LogP contribution in [0.15, 0.2) is 23.9 Å². The highest BCUT2D eigenvalue weighted by Gasteiger charge is 2.39. The molecule has 4 rings (SSSR count). The average Bonchev–Trinajstić information content (AvgIpc) is 3.06. The van der Waals surface area contributed by atoms with Crippen molar-refractivity contribution in [1.29, 1.82) is 0 Å². The fourth-order valence-corrected chi connectivity index (χ4v) is 3.77. The van der Waals surface area contributed by atoms with Gasteiger partial charge in [0.05, 0.1) is 11.3 Å². The number of halogens is 2. The third-order valence-corrected chi connectivity index (χ3v) is 4.98. The lowest BCUT2D eigenvalue weighted by molar-refractivity contribution is -0.0282. The Morgan fingerprint density at radius 1 is 1.31 bits per heavy atom. The first-order valence-electron chi connectivity index (χ1n) is 8.70. The predicted octanol–water partition coefficient (Wildman–Crippen LogP) is 3.91. The number of carbonyl (C=O) groups is 1. The Hall–Kier alpha value is -2.57. The Morgan fingerprint density at radius 3 is 2.92 bits per heavy atom. The zero-order chi connectivity index (χ0) is 18.3. The summed E-state index contributed by atoms with van der Waals surface area (Å²) in [7, 11) is 0. The average molecular weight is 359 g/mol. The number of nitrogens with zero attached hydrogens (tertiary/aromatic N) is 3. The number of alkyl halides is 2. The SMILES string of the molecule is Cc1cc2c(c(C=O)n1)OCC1=C(CCCC1)c1ccnn1CC2(F)F. The van der Waals surface area contributed by atoms with Crippen LogP contribution in [-0.4, -0.2) is 27.7 Å². The minimum atomic E-state index is -3.24. The van der Waals surface area contributed by atoms with Crippen LogP contribution < -0.4 is 4.74 Å². The molecule has 0 fully saturated rings. The number of ether oxygens (including phenoxy) is 1. The molecule has 2 aromatic rings. The van der Waals surface area contributed by atoms with Gasteiger partial charge in [0.25, 0.3) is 5.92 Å². The van der Waals surface area contributed by atoms with Crippen molar-refractivity contribution in [2.45, 2.75) is 45.1 Å². The summed E-state index contributed by atoms with van der Waals surface area (Å²) in [6.45, 7) is 1.16. The molecule has 0 radical (unpaired) electrons. The number of pyridine rings is 1. The Balaban J connectivity index is 1.93. The van der Waals surface area contributed by atoms with Crippen LogP contribution in [0, 0.1) is 6.92 Å². The van der Waals surface area contributed by atoms with Crippen LogP contribution in [0.2, 0.25) is 0 Å². The lowest BCUT2D eigenvalue weighted by atomic mass is 9.90. The van der Waals surface area contributed by atoms with Crippen molar-refractivity contribution < 1.29 is 18.3 Å². The molecule has 0 unspecified atom stereocenters. The van der Waals surface area contributed by atoms with Gasteiger partial charge in [-0.05, 0) is 55.9 Å². The van der Waals surface area contributed by atoms with Gasteiger partial charge in [-0.1, -0.05) is 0 Å². The van der Waals surface area contributed by atoms with E-state index in [1.165, 1.54) is 10.7 Å². The zero-order valence-corrected chi connectivity index (χ0v) is 14.5. The lowest BCUT2D eigenvalue weighted by Crippen LogP contribution is -2.27. The molecule has 0 saturated heterocycles. The highest BCUT2D eigenvalue weighted by Crippen LogP contribution is 2.41. The van der Waals surface area contributed by atoms with E-state index in [9.17, 15) is 4.79 Å². The van der Waals surface area contributed by atoms with E-state index < -0.39 is 12.5 Å². The molecule has 2 aliphatic rings. The Labute approximate surface area is 149 Å². The molecule has 7 heteroatoms. The fraction of sp³-hybridized carbons (Fsp3) is 0.421. The summed E-state index contributed by atoms with van der Waals surface area (Å²) in [6, 6.07) is 3.08. The zero-order valence-electron chi connectivity index (χ0n) is 14.5. The summed E-state index contributed by atoms with van der Waals surface area (Å²) in [5.74, 6) is -3.36. The van der Waals surface area contributed by atoms with Crippen molar-refractivity contribution in [3.63, 3.8) is 0 Å². The summed E-state index contributed by atoms with van der Waals surface area (Å²) in [6.07, 6.45) is 5.74. The second-order valence-corrected chi connectivity index (χ2v) is 6.80. The molecule has 0 N–H and O–H groups in total. The summed E-state index contributed by atoms with van der Waals surface area (Å²) in [5, 5.41) is 4.13. The number of aldehydes is 1. The highest BCUT2D eigenvalue weighted by atomic mass is 19.3. The second kappa shape index (κ2) is 6.30. The van der Waals surface area contributed by atoms with Gasteiger partial charge in [0, 0.05) is 11.9 Å². The first kappa shape index (κ1) is 16.9. The van der Waals surface area contributed by atoms with E-state index in [-0.39, 0.29) is 23.6 Å². The first-order chi connectivity index (χ1) is 12.5. The van der Waals surface area contributed by atoms with Gasteiger partial charge < -0.3 is 4.74 Å². The molecule has 5 nitrogen and oxygen atoms in total. The smallest absolute Gasteiger partial charge is 0.296 e. The molecule has 136 valence electrons. The number of rotatable bonds is 1. The maximum Gasteiger partial charge on any atom is 0.296 e. The number of hydrogen-bond donors (Lipinski definition) is 0. The molecule has 26 heavy (non-hydrogen) atoms. The van der Waals surface area contributed by atoms with Crippen molar-refractivity contribution >= 4 is 11.9 Å². The molecule has 2 aromatic heterocycles. The molecule has 1 aliphatic heterocycles. The van der Waals surface area contributed by atoms with E-state index >= 15 is 8.78 Å². The number of carbonyl (C=O) groups excluding carboxylic acids is 1. The summed E-state index contributed by atoms with van der Waals surface area (Å²) in [5.41, 5.74) is 2.79. The Kier molecular flexibility index (Phi) is 4.09. The van der Waals surface area contributed by atoms with Gasteiger partial charge in [0.15, 0.2) is 12.0 Å². The molecule has 1 aliphatic carbocycles. The van der Waals surface area contributed by atoms with Gasteiger partial charge in [-0.25, -0.2) is 4.98 Å². The van der Waals surface area contributed by atoms with Gasteiger partial charge >= 0.3 is 0 Å². The van der Waals surface area contributed by atoms with E-state index in [1.54, 1.807) is 19.2 Å². The van der Waals surface area contributed by atoms with Gasteiger partial charge in [0.1, 0.15) is 18.8 Å². The monoisotopic (exact) mass is 359 g/mol. The van der Waals surface area contributed by atoms with Crippen LogP contribution >= 0.6 is 0 Å². The van der Waals surface area contributed by atoms with E-state index in [0.717, 1.165) is 42.5 Å². The minimum absolute atomic E-state index is 0.0844. The van der Waals surface area contributed by atoms with Crippen LogP contribution in [0.4, 0.5) is 8.78 Å². The number of allylic oxidation sites excluding steroid dienone is 1. The van der Waals surface area contributed by atoms with Crippen LogP contribution in [-0.2, 0) is 12.5 Å². The Morgan fingerprint density at radius 2 is 2.12 bits per heavy atom. The van der Waals surface area contributed by atoms with E-state index in [1.807, 2.05) is 0 Å². The number of hydrogen-bond acceptors (Lipinski definition) is 4. The van der Waals surface area contributed by atoms with Crippen molar-refractivity contribution in [3.8, 4) is 5.75 Å². The third kappa shape index (κ3) is 2.81. The topological polar surface area (TPSA) is 57.0 Å². The van der Waals surface area contributed by atoms with Crippen molar-refractivity contribution in [2.75, 3.05) is 6.61 Å². The maximum atomic E-state index is 15.1. The number of fused-ring (bicyclic) bond motifs is 3. The van der Waals surface area contributed by atoms with Crippen molar-refractivity contribution in [2.24, 2.45) is 0 Å². The highest BCUT2D eigenvalue weighted by molar-refractivity contribution is 5.78. The second-order valence-electron chi connectivity index (χ2n) is 6.80.